The minimum absolute atomic E-state index is 0.0545. The molecule has 0 saturated heterocycles. The van der Waals surface area contributed by atoms with E-state index in [1.54, 1.807) is 30.6 Å². The number of aryl methyl sites for hydroxylation is 1. The van der Waals surface area contributed by atoms with Gasteiger partial charge in [-0.05, 0) is 26.0 Å². The van der Waals surface area contributed by atoms with Gasteiger partial charge in [0.05, 0.1) is 13.0 Å². The number of nitrogens with zero attached hydrogens (tertiary/aromatic N) is 1. The van der Waals surface area contributed by atoms with E-state index in [0.29, 0.717) is 19.6 Å². The van der Waals surface area contributed by atoms with Crippen LogP contribution in [-0.2, 0) is 14.3 Å². The van der Waals surface area contributed by atoms with Crippen LogP contribution in [0.5, 0.6) is 0 Å². The van der Waals surface area contributed by atoms with Crippen LogP contribution in [0.15, 0.2) is 29.2 Å². The molecule has 1 amide bonds. The van der Waals surface area contributed by atoms with Crippen LogP contribution >= 0.6 is 11.8 Å². The van der Waals surface area contributed by atoms with Gasteiger partial charge < -0.3 is 9.64 Å². The van der Waals surface area contributed by atoms with Gasteiger partial charge in [-0.2, -0.15) is 0 Å². The van der Waals surface area contributed by atoms with Gasteiger partial charge in [0, 0.05) is 30.7 Å². The molecule has 0 aliphatic rings. The van der Waals surface area contributed by atoms with Gasteiger partial charge in [0.2, 0.25) is 5.91 Å². The van der Waals surface area contributed by atoms with E-state index in [0.717, 1.165) is 5.75 Å². The van der Waals surface area contributed by atoms with E-state index in [-0.39, 0.29) is 18.3 Å². The predicted molar refractivity (Wildman–Crippen MR) is 85.4 cm³/mol. The smallest absolute Gasteiger partial charge is 0.307 e. The lowest BCUT2D eigenvalue weighted by atomic mass is 10.2. The summed E-state index contributed by atoms with van der Waals surface area (Å²) in [6.07, 6.45) is 0.721. The molecular formula is C16H23NO3S. The summed E-state index contributed by atoms with van der Waals surface area (Å²) in [6, 6.07) is 8.26. The molecule has 0 radical (unpaired) electrons. The topological polar surface area (TPSA) is 46.6 Å². The Morgan fingerprint density at radius 2 is 1.86 bits per heavy atom. The first-order chi connectivity index (χ1) is 10.0. The monoisotopic (exact) mass is 309 g/mol. The van der Waals surface area contributed by atoms with Crippen LogP contribution in [0, 0.1) is 6.92 Å². The molecule has 0 bridgehead atoms. The van der Waals surface area contributed by atoms with Crippen molar-refractivity contribution in [2.24, 2.45) is 0 Å². The fourth-order valence-electron chi connectivity index (χ4n) is 1.70. The second-order valence-electron chi connectivity index (χ2n) is 4.78. The van der Waals surface area contributed by atoms with E-state index >= 15 is 0 Å². The van der Waals surface area contributed by atoms with Crippen LogP contribution < -0.4 is 0 Å². The second-order valence-corrected chi connectivity index (χ2v) is 5.95. The third-order valence-corrected chi connectivity index (χ3v) is 4.00. The average Bonchev–Trinajstić information content (AvgIpc) is 2.47. The van der Waals surface area contributed by atoms with Gasteiger partial charge in [0.15, 0.2) is 0 Å². The number of esters is 1. The van der Waals surface area contributed by atoms with Crippen molar-refractivity contribution in [2.75, 3.05) is 26.0 Å². The molecule has 0 aliphatic heterocycles. The first kappa shape index (κ1) is 17.6. The lowest BCUT2D eigenvalue weighted by Gasteiger charge is -2.16. The third-order valence-electron chi connectivity index (χ3n) is 2.99. The van der Waals surface area contributed by atoms with Gasteiger partial charge >= 0.3 is 5.97 Å². The van der Waals surface area contributed by atoms with Gasteiger partial charge in [-0.15, -0.1) is 11.8 Å². The number of carbonyl (C=O) groups excluding carboxylic acids is 2. The molecule has 116 valence electrons. The van der Waals surface area contributed by atoms with Gasteiger partial charge in [-0.1, -0.05) is 17.7 Å². The zero-order chi connectivity index (χ0) is 15.7. The fourth-order valence-corrected chi connectivity index (χ4v) is 2.54. The Bertz CT molecular complexity index is 459. The molecule has 4 nitrogen and oxygen atoms in total. The van der Waals surface area contributed by atoms with Crippen LogP contribution in [0.2, 0.25) is 0 Å². The van der Waals surface area contributed by atoms with Crippen molar-refractivity contribution in [2.45, 2.75) is 31.6 Å². The van der Waals surface area contributed by atoms with E-state index in [9.17, 15) is 9.59 Å². The molecule has 0 aliphatic carbocycles. The van der Waals surface area contributed by atoms with Crippen molar-refractivity contribution < 1.29 is 14.3 Å². The molecule has 0 heterocycles. The number of benzene rings is 1. The maximum atomic E-state index is 11.9. The maximum absolute atomic E-state index is 11.9. The van der Waals surface area contributed by atoms with E-state index in [2.05, 4.69) is 31.2 Å². The summed E-state index contributed by atoms with van der Waals surface area (Å²) in [4.78, 5) is 25.9. The van der Waals surface area contributed by atoms with Crippen molar-refractivity contribution in [3.63, 3.8) is 0 Å². The highest BCUT2D eigenvalue weighted by Gasteiger charge is 2.11. The second kappa shape index (κ2) is 9.45. The van der Waals surface area contributed by atoms with Crippen LogP contribution in [0.4, 0.5) is 0 Å². The first-order valence-corrected chi connectivity index (χ1v) is 8.10. The van der Waals surface area contributed by atoms with E-state index in [1.807, 2.05) is 0 Å². The quantitative estimate of drug-likeness (QED) is 0.547. The number of thioether (sulfide) groups is 1. The predicted octanol–water partition coefficient (Wildman–Crippen LogP) is 2.89. The summed E-state index contributed by atoms with van der Waals surface area (Å²) in [5, 5.41) is 0. The summed E-state index contributed by atoms with van der Waals surface area (Å²) in [5.41, 5.74) is 1.23. The molecule has 5 heteroatoms. The zero-order valence-electron chi connectivity index (χ0n) is 12.9. The summed E-state index contributed by atoms with van der Waals surface area (Å²) in [7, 11) is 1.72. The fraction of sp³-hybridized carbons (Fsp3) is 0.500. The Hall–Kier alpha value is -1.49. The molecular weight excluding hydrogens is 286 g/mol. The summed E-state index contributed by atoms with van der Waals surface area (Å²) in [6.45, 7) is 4.61. The summed E-state index contributed by atoms with van der Waals surface area (Å²) < 4.78 is 4.84. The van der Waals surface area contributed by atoms with Crippen LogP contribution in [-0.4, -0.2) is 42.7 Å². The highest BCUT2D eigenvalue weighted by Crippen LogP contribution is 2.19. The molecule has 0 spiro atoms. The summed E-state index contributed by atoms with van der Waals surface area (Å²) in [5.74, 6) is 0.538. The van der Waals surface area contributed by atoms with Crippen LogP contribution in [0.3, 0.4) is 0 Å². The molecule has 0 N–H and O–H groups in total. The number of rotatable bonds is 8. The molecule has 21 heavy (non-hydrogen) atoms. The Balaban J connectivity index is 2.23. The van der Waals surface area contributed by atoms with Crippen molar-refractivity contribution in [3.05, 3.63) is 29.8 Å². The SMILES string of the molecule is CCOC(=O)CCN(C)C(=O)CCSc1ccc(C)cc1. The Labute approximate surface area is 130 Å². The maximum Gasteiger partial charge on any atom is 0.307 e. The van der Waals surface area contributed by atoms with Gasteiger partial charge in [-0.25, -0.2) is 0 Å². The molecule has 1 rings (SSSR count). The first-order valence-electron chi connectivity index (χ1n) is 7.12. The Morgan fingerprint density at radius 1 is 1.19 bits per heavy atom. The van der Waals surface area contributed by atoms with E-state index < -0.39 is 0 Å². The van der Waals surface area contributed by atoms with E-state index in [4.69, 9.17) is 4.74 Å². The van der Waals surface area contributed by atoms with Gasteiger partial charge in [-0.3, -0.25) is 9.59 Å². The normalized spacial score (nSPS) is 10.2. The van der Waals surface area contributed by atoms with Crippen LogP contribution in [0.1, 0.15) is 25.3 Å². The standard InChI is InChI=1S/C16H23NO3S/c1-4-20-16(19)9-11-17(3)15(18)10-12-21-14-7-5-13(2)6-8-14/h5-8H,4,9-12H2,1-3H3. The Morgan fingerprint density at radius 3 is 2.48 bits per heavy atom. The highest BCUT2D eigenvalue weighted by molar-refractivity contribution is 7.99. The van der Waals surface area contributed by atoms with E-state index in [1.165, 1.54) is 10.5 Å². The molecule has 1 aromatic carbocycles. The zero-order valence-corrected chi connectivity index (χ0v) is 13.7. The van der Waals surface area contributed by atoms with Gasteiger partial charge in [0.1, 0.15) is 0 Å². The largest absolute Gasteiger partial charge is 0.466 e. The van der Waals surface area contributed by atoms with Crippen molar-refractivity contribution >= 4 is 23.6 Å². The number of carbonyl (C=O) groups is 2. The third kappa shape index (κ3) is 7.18. The molecule has 0 atom stereocenters. The van der Waals surface area contributed by atoms with Gasteiger partial charge in [0.25, 0.3) is 0 Å². The molecule has 0 aromatic heterocycles. The molecule has 1 aromatic rings. The lowest BCUT2D eigenvalue weighted by Crippen LogP contribution is -2.29. The average molecular weight is 309 g/mol. The number of amides is 1. The van der Waals surface area contributed by atoms with Crippen molar-refractivity contribution in [3.8, 4) is 0 Å². The minimum atomic E-state index is -0.258. The highest BCUT2D eigenvalue weighted by atomic mass is 32.2. The number of ether oxygens (including phenoxy) is 1. The van der Waals surface area contributed by atoms with Crippen LogP contribution in [0.25, 0.3) is 0 Å². The molecule has 0 saturated carbocycles. The molecule has 0 unspecified atom stereocenters. The van der Waals surface area contributed by atoms with Crippen molar-refractivity contribution in [1.82, 2.24) is 4.90 Å². The Kier molecular flexibility index (Phi) is 7.90. The number of hydrogen-bond acceptors (Lipinski definition) is 4. The summed E-state index contributed by atoms with van der Waals surface area (Å²) >= 11 is 1.67. The number of hydrogen-bond donors (Lipinski definition) is 0. The van der Waals surface area contributed by atoms with Crippen molar-refractivity contribution in [1.29, 1.82) is 0 Å². The minimum Gasteiger partial charge on any atom is -0.466 e. The lowest BCUT2D eigenvalue weighted by molar-refractivity contribution is -0.143. The molecule has 0 fully saturated rings.